The molecule has 0 saturated heterocycles. The van der Waals surface area contributed by atoms with E-state index < -0.39 is 0 Å². The van der Waals surface area contributed by atoms with E-state index in [1.807, 2.05) is 146 Å². The van der Waals surface area contributed by atoms with Gasteiger partial charge in [-0.1, -0.05) is 141 Å². The van der Waals surface area contributed by atoms with Crippen molar-refractivity contribution in [3.63, 3.8) is 0 Å². The van der Waals surface area contributed by atoms with Gasteiger partial charge in [-0.15, -0.1) is 0 Å². The Hall–Kier alpha value is -7.35. The van der Waals surface area contributed by atoms with Crippen molar-refractivity contribution in [3.8, 4) is 46.0 Å². The van der Waals surface area contributed by atoms with Gasteiger partial charge in [-0.05, 0) is 146 Å². The van der Waals surface area contributed by atoms with E-state index in [4.69, 9.17) is 53.8 Å². The quantitative estimate of drug-likeness (QED) is 0.108. The average molecular weight is 996 g/mol. The molecule has 9 aromatic rings. The number of benzene rings is 9. The van der Waals surface area contributed by atoms with Crippen LogP contribution in [0.2, 0.25) is 15.1 Å². The topological polar surface area (TPSA) is 43.4 Å². The molecule has 0 aliphatic heterocycles. The van der Waals surface area contributed by atoms with Gasteiger partial charge >= 0.3 is 0 Å². The summed E-state index contributed by atoms with van der Waals surface area (Å²) in [5.41, 5.74) is 9.42. The zero-order valence-electron chi connectivity index (χ0n) is 40.6. The summed E-state index contributed by atoms with van der Waals surface area (Å²) in [5, 5.41) is 1.07. The summed E-state index contributed by atoms with van der Waals surface area (Å²) >= 11 is 22.7. The van der Waals surface area contributed by atoms with Gasteiger partial charge in [0.05, 0.1) is 27.8 Å². The summed E-state index contributed by atoms with van der Waals surface area (Å²) in [6.07, 6.45) is 0. The van der Waals surface area contributed by atoms with Crippen LogP contribution < -0.4 is 28.7 Å². The molecule has 0 amide bonds. The van der Waals surface area contributed by atoms with Gasteiger partial charge < -0.3 is 28.7 Å². The molecule has 0 bridgehead atoms. The second-order valence-electron chi connectivity index (χ2n) is 18.6. The van der Waals surface area contributed by atoms with Gasteiger partial charge in [0.25, 0.3) is 0 Å². The van der Waals surface area contributed by atoms with E-state index in [-0.39, 0.29) is 5.41 Å². The van der Waals surface area contributed by atoms with Gasteiger partial charge in [0.2, 0.25) is 0 Å². The van der Waals surface area contributed by atoms with Crippen molar-refractivity contribution in [2.24, 2.45) is 0 Å². The minimum atomic E-state index is -0.372. The van der Waals surface area contributed by atoms with Crippen LogP contribution in [0.25, 0.3) is 0 Å². The predicted octanol–water partition coefficient (Wildman–Crippen LogP) is 20.3. The van der Waals surface area contributed by atoms with E-state index in [2.05, 4.69) is 107 Å². The van der Waals surface area contributed by atoms with Gasteiger partial charge in [-0.3, -0.25) is 0 Å². The molecule has 0 saturated carbocycles. The minimum absolute atomic E-state index is 0.308. The molecule has 356 valence electrons. The second-order valence-corrected chi connectivity index (χ2v) is 19.7. The summed E-state index contributed by atoms with van der Waals surface area (Å²) in [4.78, 5) is 4.31. The van der Waals surface area contributed by atoms with E-state index >= 15 is 0 Å². The number of aryl methyl sites for hydroxylation is 4. The van der Waals surface area contributed by atoms with Gasteiger partial charge in [-0.2, -0.15) is 0 Å². The molecule has 0 radical (unpaired) electrons. The third kappa shape index (κ3) is 11.3. The Morgan fingerprint density at radius 1 is 0.324 bits per heavy atom. The van der Waals surface area contributed by atoms with Crippen LogP contribution in [0.1, 0.15) is 48.6 Å². The third-order valence-corrected chi connectivity index (χ3v) is 12.8. The summed E-state index contributed by atoms with van der Waals surface area (Å²) < 4.78 is 26.4. The summed E-state index contributed by atoms with van der Waals surface area (Å²) in [6, 6.07) is 63.3. The van der Waals surface area contributed by atoms with Crippen molar-refractivity contribution in [2.45, 2.75) is 53.9 Å². The van der Waals surface area contributed by atoms with Crippen LogP contribution in [-0.2, 0) is 5.41 Å². The molecule has 0 fully saturated rings. The Kier molecular flexibility index (Phi) is 14.3. The first kappa shape index (κ1) is 48.7. The van der Waals surface area contributed by atoms with Crippen LogP contribution >= 0.6 is 34.8 Å². The standard InChI is InChI=1S/C62H53Cl3N2O4/c1-40-28-41(2)31-45(30-40)66(47-36-55(68-49-20-12-8-13-21-49)60(64)56(37-47)69-50-22-14-9-15-23-50)53-34-44(62(5,6)7)35-54(59(53)63)67(46-32-42(3)29-43(4)33-46)48-38-57(70-51-24-16-10-17-25-51)61(65)58(39-48)71-52-26-18-11-19-27-52/h8-39H,1-7H3. The molecular weight excluding hydrogens is 943 g/mol. The number of anilines is 6. The summed E-state index contributed by atoms with van der Waals surface area (Å²) in [6.45, 7) is 15.0. The van der Waals surface area contributed by atoms with Crippen LogP contribution in [0, 0.1) is 27.7 Å². The summed E-state index contributed by atoms with van der Waals surface area (Å²) in [7, 11) is 0. The van der Waals surface area contributed by atoms with Crippen LogP contribution in [0.15, 0.2) is 194 Å². The number of hydrogen-bond acceptors (Lipinski definition) is 6. The Bertz CT molecular complexity index is 2950. The molecule has 0 aliphatic carbocycles. The lowest BCUT2D eigenvalue weighted by molar-refractivity contribution is 0.460. The molecule has 9 aromatic carbocycles. The van der Waals surface area contributed by atoms with E-state index in [1.54, 1.807) is 0 Å². The predicted molar refractivity (Wildman–Crippen MR) is 295 cm³/mol. The zero-order chi connectivity index (χ0) is 49.8. The monoisotopic (exact) mass is 994 g/mol. The molecule has 0 aliphatic rings. The molecule has 0 spiro atoms. The number of para-hydroxylation sites is 4. The van der Waals surface area contributed by atoms with E-state index in [0.29, 0.717) is 83.8 Å². The fraction of sp³-hybridized carbons (Fsp3) is 0.129. The first-order chi connectivity index (χ1) is 34.2. The smallest absolute Gasteiger partial charge is 0.151 e. The van der Waals surface area contributed by atoms with Crippen LogP contribution in [-0.4, -0.2) is 0 Å². The van der Waals surface area contributed by atoms with Crippen molar-refractivity contribution < 1.29 is 18.9 Å². The first-order valence-electron chi connectivity index (χ1n) is 23.4. The van der Waals surface area contributed by atoms with Gasteiger partial charge in [0.1, 0.15) is 33.0 Å². The molecular formula is C62H53Cl3N2O4. The number of ether oxygens (including phenoxy) is 4. The van der Waals surface area contributed by atoms with Gasteiger partial charge in [-0.25, -0.2) is 0 Å². The maximum absolute atomic E-state index is 8.16. The zero-order valence-corrected chi connectivity index (χ0v) is 42.9. The average Bonchev–Trinajstić information content (AvgIpc) is 3.33. The number of rotatable bonds is 14. The Morgan fingerprint density at radius 3 is 0.831 bits per heavy atom. The molecule has 0 atom stereocenters. The minimum Gasteiger partial charge on any atom is -0.456 e. The summed E-state index contributed by atoms with van der Waals surface area (Å²) in [5.74, 6) is 4.05. The van der Waals surface area contributed by atoms with E-state index in [9.17, 15) is 0 Å². The number of hydrogen-bond donors (Lipinski definition) is 0. The molecule has 0 aromatic heterocycles. The highest BCUT2D eigenvalue weighted by atomic mass is 35.5. The van der Waals surface area contributed by atoms with E-state index in [1.165, 1.54) is 0 Å². The molecule has 0 unspecified atom stereocenters. The highest BCUT2D eigenvalue weighted by molar-refractivity contribution is 6.37. The SMILES string of the molecule is Cc1cc(C)cc(N(c2cc(Oc3ccccc3)c(Cl)c(Oc3ccccc3)c2)c2cc(C(C)(C)C)cc(N(c3cc(C)cc(C)c3)c3cc(Oc4ccccc4)c(Cl)c(Oc4ccccc4)c3)c2Cl)c1. The fourth-order valence-electron chi connectivity index (χ4n) is 8.50. The fourth-order valence-corrected chi connectivity index (χ4v) is 9.15. The highest BCUT2D eigenvalue weighted by Gasteiger charge is 2.30. The highest BCUT2D eigenvalue weighted by Crippen LogP contribution is 2.53. The van der Waals surface area contributed by atoms with Crippen molar-refractivity contribution in [1.29, 1.82) is 0 Å². The largest absolute Gasteiger partial charge is 0.456 e. The Labute approximate surface area is 432 Å². The lowest BCUT2D eigenvalue weighted by Crippen LogP contribution is -2.19. The Balaban J connectivity index is 1.34. The van der Waals surface area contributed by atoms with Crippen LogP contribution in [0.5, 0.6) is 46.0 Å². The van der Waals surface area contributed by atoms with Crippen LogP contribution in [0.4, 0.5) is 34.1 Å². The molecule has 0 N–H and O–H groups in total. The van der Waals surface area contributed by atoms with Crippen molar-refractivity contribution >= 4 is 68.9 Å². The normalized spacial score (nSPS) is 11.2. The molecule has 6 nitrogen and oxygen atoms in total. The maximum atomic E-state index is 8.16. The van der Waals surface area contributed by atoms with Crippen LogP contribution in [0.3, 0.4) is 0 Å². The lowest BCUT2D eigenvalue weighted by atomic mass is 9.86. The molecule has 71 heavy (non-hydrogen) atoms. The molecule has 9 rings (SSSR count). The Morgan fingerprint density at radius 2 is 0.577 bits per heavy atom. The van der Waals surface area contributed by atoms with Crippen molar-refractivity contribution in [1.82, 2.24) is 0 Å². The van der Waals surface area contributed by atoms with Gasteiger partial charge in [0.15, 0.2) is 23.0 Å². The molecule has 9 heteroatoms. The number of nitrogens with zero attached hydrogens (tertiary/aromatic N) is 2. The number of halogens is 3. The first-order valence-corrected chi connectivity index (χ1v) is 24.5. The van der Waals surface area contributed by atoms with Crippen molar-refractivity contribution in [3.05, 3.63) is 237 Å². The third-order valence-electron chi connectivity index (χ3n) is 11.7. The van der Waals surface area contributed by atoms with E-state index in [0.717, 1.165) is 39.2 Å². The van der Waals surface area contributed by atoms with Gasteiger partial charge in [0, 0.05) is 35.6 Å². The van der Waals surface area contributed by atoms with Crippen molar-refractivity contribution in [2.75, 3.05) is 9.80 Å². The molecule has 0 heterocycles. The lowest BCUT2D eigenvalue weighted by Gasteiger charge is -2.34. The second kappa shape index (κ2) is 20.9. The maximum Gasteiger partial charge on any atom is 0.151 e.